The van der Waals surface area contributed by atoms with Crippen LogP contribution < -0.4 is 11.1 Å². The summed E-state index contributed by atoms with van der Waals surface area (Å²) in [5.41, 5.74) is 1.25. The smallest absolute Gasteiger partial charge is 0.408 e. The van der Waals surface area contributed by atoms with Gasteiger partial charge in [-0.25, -0.2) is 4.79 Å². The quantitative estimate of drug-likeness (QED) is 0.704. The van der Waals surface area contributed by atoms with Crippen molar-refractivity contribution in [3.63, 3.8) is 0 Å². The van der Waals surface area contributed by atoms with Crippen LogP contribution in [0.1, 0.15) is 17.3 Å². The van der Waals surface area contributed by atoms with E-state index in [2.05, 4.69) is 16.3 Å². The summed E-state index contributed by atoms with van der Waals surface area (Å²) in [6.45, 7) is 0.834. The Morgan fingerprint density at radius 2 is 2.08 bits per heavy atom. The summed E-state index contributed by atoms with van der Waals surface area (Å²) in [5.74, 6) is -0.514. The maximum Gasteiger partial charge on any atom is 0.419 e. The van der Waals surface area contributed by atoms with Crippen LogP contribution in [0.25, 0.3) is 11.1 Å². The molecular formula is C18H21N3O3S. The van der Waals surface area contributed by atoms with E-state index in [-0.39, 0.29) is 18.4 Å². The molecule has 2 heterocycles. The van der Waals surface area contributed by atoms with E-state index >= 15 is 0 Å². The van der Waals surface area contributed by atoms with Crippen LogP contribution in [0, 0.1) is 0 Å². The summed E-state index contributed by atoms with van der Waals surface area (Å²) in [5, 5.41) is 4.99. The van der Waals surface area contributed by atoms with Gasteiger partial charge >= 0.3 is 5.76 Å². The summed E-state index contributed by atoms with van der Waals surface area (Å²) in [6, 6.07) is 11.4. The van der Waals surface area contributed by atoms with Gasteiger partial charge in [-0.15, -0.1) is 11.3 Å². The highest BCUT2D eigenvalue weighted by Gasteiger charge is 2.16. The van der Waals surface area contributed by atoms with Crippen molar-refractivity contribution in [3.05, 3.63) is 57.2 Å². The molecule has 7 heteroatoms. The second kappa shape index (κ2) is 7.67. The van der Waals surface area contributed by atoms with E-state index in [1.54, 1.807) is 17.4 Å². The van der Waals surface area contributed by atoms with Crippen molar-refractivity contribution in [2.75, 3.05) is 20.6 Å². The number of thiophene rings is 1. The van der Waals surface area contributed by atoms with Crippen molar-refractivity contribution in [1.29, 1.82) is 0 Å². The van der Waals surface area contributed by atoms with E-state index in [4.69, 9.17) is 4.42 Å². The molecular weight excluding hydrogens is 338 g/mol. The summed E-state index contributed by atoms with van der Waals surface area (Å²) < 4.78 is 6.68. The average Bonchev–Trinajstić information content (AvgIpc) is 3.20. The van der Waals surface area contributed by atoms with Gasteiger partial charge in [0.2, 0.25) is 5.91 Å². The number of aromatic nitrogens is 1. The summed E-state index contributed by atoms with van der Waals surface area (Å²) in [6.07, 6.45) is 0.230. The number of oxazole rings is 1. The number of hydrogen-bond donors (Lipinski definition) is 1. The Morgan fingerprint density at radius 1 is 1.28 bits per heavy atom. The highest BCUT2D eigenvalue weighted by molar-refractivity contribution is 7.10. The molecule has 2 aromatic heterocycles. The number of amides is 1. The van der Waals surface area contributed by atoms with Crippen LogP contribution in [-0.2, 0) is 11.3 Å². The first-order valence-corrected chi connectivity index (χ1v) is 8.99. The Hall–Kier alpha value is -2.38. The molecule has 0 aliphatic carbocycles. The molecule has 3 aromatic rings. The monoisotopic (exact) mass is 359 g/mol. The van der Waals surface area contributed by atoms with Gasteiger partial charge in [0, 0.05) is 24.4 Å². The molecule has 1 atom stereocenters. The molecule has 0 spiro atoms. The van der Waals surface area contributed by atoms with Gasteiger partial charge < -0.3 is 14.6 Å². The summed E-state index contributed by atoms with van der Waals surface area (Å²) in [7, 11) is 3.99. The number of para-hydroxylation sites is 2. The lowest BCUT2D eigenvalue weighted by Gasteiger charge is -2.23. The van der Waals surface area contributed by atoms with Gasteiger partial charge in [-0.05, 0) is 37.7 Å². The third-order valence-corrected chi connectivity index (χ3v) is 5.10. The minimum Gasteiger partial charge on any atom is -0.408 e. The Bertz CT molecular complexity index is 896. The van der Waals surface area contributed by atoms with Crippen LogP contribution in [-0.4, -0.2) is 36.0 Å². The highest BCUT2D eigenvalue weighted by atomic mass is 32.1. The Morgan fingerprint density at radius 3 is 2.80 bits per heavy atom. The first kappa shape index (κ1) is 17.4. The highest BCUT2D eigenvalue weighted by Crippen LogP contribution is 2.22. The molecule has 3 rings (SSSR count). The Kier molecular flexibility index (Phi) is 5.35. The first-order valence-electron chi connectivity index (χ1n) is 8.11. The molecule has 0 bridgehead atoms. The predicted molar refractivity (Wildman–Crippen MR) is 98.8 cm³/mol. The fourth-order valence-corrected chi connectivity index (χ4v) is 3.68. The maximum atomic E-state index is 12.2. The van der Waals surface area contributed by atoms with E-state index in [0.717, 1.165) is 0 Å². The van der Waals surface area contributed by atoms with Crippen molar-refractivity contribution >= 4 is 28.3 Å². The molecule has 0 saturated carbocycles. The van der Waals surface area contributed by atoms with Crippen LogP contribution in [0.2, 0.25) is 0 Å². The molecule has 0 fully saturated rings. The van der Waals surface area contributed by atoms with Crippen LogP contribution in [0.4, 0.5) is 0 Å². The van der Waals surface area contributed by atoms with Crippen molar-refractivity contribution < 1.29 is 9.21 Å². The molecule has 0 saturated heterocycles. The molecule has 132 valence electrons. The van der Waals surface area contributed by atoms with Crippen LogP contribution in [0.3, 0.4) is 0 Å². The molecule has 1 amide bonds. The number of hydrogen-bond acceptors (Lipinski definition) is 5. The minimum atomic E-state index is -0.432. The lowest BCUT2D eigenvalue weighted by Crippen LogP contribution is -2.34. The second-order valence-corrected chi connectivity index (χ2v) is 7.02. The molecule has 1 N–H and O–H groups in total. The van der Waals surface area contributed by atoms with Gasteiger partial charge in [0.25, 0.3) is 0 Å². The van der Waals surface area contributed by atoms with E-state index in [1.165, 1.54) is 9.44 Å². The number of likely N-dealkylation sites (N-methyl/N-ethyl adjacent to an activating group) is 1. The molecule has 0 aliphatic heterocycles. The molecule has 25 heavy (non-hydrogen) atoms. The predicted octanol–water partition coefficient (Wildman–Crippen LogP) is 2.47. The Labute approximate surface area is 149 Å². The topological polar surface area (TPSA) is 67.5 Å². The first-order chi connectivity index (χ1) is 12.1. The number of carbonyl (C=O) groups excluding carboxylic acids is 1. The van der Waals surface area contributed by atoms with Gasteiger partial charge in [-0.1, -0.05) is 18.2 Å². The summed E-state index contributed by atoms with van der Waals surface area (Å²) in [4.78, 5) is 27.4. The van der Waals surface area contributed by atoms with Crippen molar-refractivity contribution in [2.24, 2.45) is 0 Å². The number of fused-ring (bicyclic) bond motifs is 1. The lowest BCUT2D eigenvalue weighted by molar-refractivity contribution is -0.121. The standard InChI is InChI=1S/C18H21N3O3S/c1-20(2)14(16-8-5-11-25-16)12-19-17(22)9-10-21-13-6-3-4-7-15(13)24-18(21)23/h3-8,11,14H,9-10,12H2,1-2H3,(H,19,22). The van der Waals surface area contributed by atoms with E-state index in [0.29, 0.717) is 24.2 Å². The van der Waals surface area contributed by atoms with Crippen LogP contribution in [0.15, 0.2) is 51.0 Å². The number of aryl methyl sites for hydroxylation is 1. The Balaban J connectivity index is 1.59. The second-order valence-electron chi connectivity index (χ2n) is 6.04. The van der Waals surface area contributed by atoms with Crippen molar-refractivity contribution in [3.8, 4) is 0 Å². The maximum absolute atomic E-state index is 12.2. The number of benzene rings is 1. The third-order valence-electron chi connectivity index (χ3n) is 4.12. The van der Waals surface area contributed by atoms with E-state index < -0.39 is 5.76 Å². The van der Waals surface area contributed by atoms with Gasteiger partial charge in [-0.3, -0.25) is 9.36 Å². The van der Waals surface area contributed by atoms with Gasteiger partial charge in [0.15, 0.2) is 5.58 Å². The summed E-state index contributed by atoms with van der Waals surface area (Å²) >= 11 is 1.67. The van der Waals surface area contributed by atoms with E-state index in [1.807, 2.05) is 43.7 Å². The van der Waals surface area contributed by atoms with Gasteiger partial charge in [0.05, 0.1) is 11.6 Å². The lowest BCUT2D eigenvalue weighted by atomic mass is 10.2. The number of nitrogens with zero attached hydrogens (tertiary/aromatic N) is 2. The normalized spacial score (nSPS) is 12.6. The van der Waals surface area contributed by atoms with Gasteiger partial charge in [-0.2, -0.15) is 0 Å². The van der Waals surface area contributed by atoms with Crippen LogP contribution in [0.5, 0.6) is 0 Å². The average molecular weight is 359 g/mol. The van der Waals surface area contributed by atoms with Crippen molar-refractivity contribution in [2.45, 2.75) is 19.0 Å². The largest absolute Gasteiger partial charge is 0.419 e. The fraction of sp³-hybridized carbons (Fsp3) is 0.333. The van der Waals surface area contributed by atoms with Gasteiger partial charge in [0.1, 0.15) is 0 Å². The zero-order valence-corrected chi connectivity index (χ0v) is 15.1. The molecule has 1 unspecified atom stereocenters. The molecule has 0 aliphatic rings. The SMILES string of the molecule is CN(C)C(CNC(=O)CCn1c(=O)oc2ccccc21)c1cccs1. The minimum absolute atomic E-state index is 0.0828. The number of nitrogens with one attached hydrogen (secondary N) is 1. The number of rotatable bonds is 7. The zero-order valence-electron chi connectivity index (χ0n) is 14.3. The number of carbonyl (C=O) groups is 1. The van der Waals surface area contributed by atoms with Crippen LogP contribution >= 0.6 is 11.3 Å². The molecule has 6 nitrogen and oxygen atoms in total. The van der Waals surface area contributed by atoms with Crippen molar-refractivity contribution in [1.82, 2.24) is 14.8 Å². The zero-order chi connectivity index (χ0) is 17.8. The van der Waals surface area contributed by atoms with E-state index in [9.17, 15) is 9.59 Å². The fourth-order valence-electron chi connectivity index (χ4n) is 2.76. The third kappa shape index (κ3) is 4.00. The molecule has 0 radical (unpaired) electrons. The molecule has 1 aromatic carbocycles.